The molecule has 50 valence electrons. The normalized spacial score (nSPS) is 8.11. The lowest BCUT2D eigenvalue weighted by Crippen LogP contribution is -1.98. The highest BCUT2D eigenvalue weighted by atomic mass is 127. The van der Waals surface area contributed by atoms with Gasteiger partial charge in [0.05, 0.1) is 5.36 Å². The Bertz CT molecular complexity index is 208. The van der Waals surface area contributed by atoms with Gasteiger partial charge in [-0.3, -0.25) is 0 Å². The zero-order chi connectivity index (χ0) is 5.98. The average molecular weight is 236 g/mol. The van der Waals surface area contributed by atoms with E-state index in [-0.39, 0.29) is 24.0 Å². The van der Waals surface area contributed by atoms with Crippen molar-refractivity contribution in [3.63, 3.8) is 0 Å². The second-order valence-electron chi connectivity index (χ2n) is 1.75. The number of pyridine rings is 1. The average Bonchev–Trinajstić information content (AvgIpc) is 1.77. The molecular weight excluding hydrogens is 227 g/mol. The Morgan fingerprint density at radius 3 is 2.11 bits per heavy atom. The molecule has 0 fully saturated rings. The molecule has 2 nitrogen and oxygen atoms in total. The third-order valence-electron chi connectivity index (χ3n) is 0.978. The summed E-state index contributed by atoms with van der Waals surface area (Å²) in [5.74, 6) is 0. The summed E-state index contributed by atoms with van der Waals surface area (Å²) in [5.41, 5.74) is 0. The van der Waals surface area contributed by atoms with E-state index in [1.807, 2.05) is 24.0 Å². The van der Waals surface area contributed by atoms with Gasteiger partial charge in [-0.15, -0.1) is 24.0 Å². The Balaban J connectivity index is 0.000000640. The van der Waals surface area contributed by atoms with E-state index in [0.717, 1.165) is 0 Å². The third kappa shape index (κ3) is 2.64. The maximum absolute atomic E-state index is 7.08. The smallest absolute Gasteiger partial charge is 0.0568 e. The number of nitrogens with zero attached hydrogens (tertiary/aromatic N) is 1. The number of aryl methyl sites for hydroxylation is 1. The summed E-state index contributed by atoms with van der Waals surface area (Å²) in [7, 11) is 1.93. The molecule has 1 aromatic rings. The minimum absolute atomic E-state index is 0. The zero-order valence-electron chi connectivity index (χ0n) is 5.16. The fraction of sp³-hybridized carbons (Fsp3) is 0.167. The van der Waals surface area contributed by atoms with Crippen LogP contribution in [0.2, 0.25) is 0 Å². The highest BCUT2D eigenvalue weighted by Crippen LogP contribution is 1.73. The van der Waals surface area contributed by atoms with Crippen molar-refractivity contribution < 1.29 is 0 Å². The molecule has 0 aliphatic heterocycles. The molecule has 0 bridgehead atoms. The van der Waals surface area contributed by atoms with Crippen LogP contribution in [0, 0.1) is 5.41 Å². The maximum Gasteiger partial charge on any atom is 0.0568 e. The topological polar surface area (TPSA) is 28.8 Å². The molecule has 0 saturated heterocycles. The number of hydrogen-bond donors (Lipinski definition) is 1. The van der Waals surface area contributed by atoms with Crippen LogP contribution in [0.3, 0.4) is 0 Å². The Morgan fingerprint density at radius 1 is 1.33 bits per heavy atom. The molecule has 0 atom stereocenters. The van der Waals surface area contributed by atoms with Crippen LogP contribution in [0.25, 0.3) is 0 Å². The molecule has 3 heteroatoms. The monoisotopic (exact) mass is 236 g/mol. The second-order valence-corrected chi connectivity index (χ2v) is 1.75. The quantitative estimate of drug-likeness (QED) is 0.654. The maximum atomic E-state index is 7.08. The Labute approximate surface area is 71.1 Å². The molecule has 1 aromatic heterocycles. The molecule has 0 aliphatic rings. The summed E-state index contributed by atoms with van der Waals surface area (Å²) in [4.78, 5) is 0. The molecule has 0 unspecified atom stereocenters. The molecule has 1 N–H and O–H groups in total. The van der Waals surface area contributed by atoms with Gasteiger partial charge in [-0.25, -0.2) is 0 Å². The first-order valence-corrected chi connectivity index (χ1v) is 2.46. The van der Waals surface area contributed by atoms with Crippen LogP contribution < -0.4 is 5.36 Å². The molecule has 1 heterocycles. The minimum Gasteiger partial charge on any atom is -0.357 e. The van der Waals surface area contributed by atoms with Gasteiger partial charge in [-0.05, 0) is 12.1 Å². The number of nitrogens with one attached hydrogen (secondary N) is 1. The highest BCUT2D eigenvalue weighted by Gasteiger charge is 1.73. The fourth-order valence-electron chi connectivity index (χ4n) is 0.501. The van der Waals surface area contributed by atoms with Gasteiger partial charge in [0.15, 0.2) is 0 Å². The van der Waals surface area contributed by atoms with Crippen LogP contribution in [-0.4, -0.2) is 4.57 Å². The van der Waals surface area contributed by atoms with E-state index >= 15 is 0 Å². The predicted octanol–water partition coefficient (Wildman–Crippen LogP) is 1.12. The van der Waals surface area contributed by atoms with Crippen molar-refractivity contribution in [1.29, 1.82) is 5.41 Å². The standard InChI is InChI=1S/C6H8N2.HI/c1-8-4-2-6(7)3-5-8;/h2-5,7H,1H3;1H. The van der Waals surface area contributed by atoms with E-state index in [1.165, 1.54) is 0 Å². The van der Waals surface area contributed by atoms with Crippen molar-refractivity contribution >= 4 is 24.0 Å². The molecule has 0 amide bonds. The number of rotatable bonds is 0. The molecular formula is C6H9IN2. The van der Waals surface area contributed by atoms with Gasteiger partial charge in [-0.1, -0.05) is 0 Å². The van der Waals surface area contributed by atoms with E-state index < -0.39 is 0 Å². The van der Waals surface area contributed by atoms with Crippen molar-refractivity contribution in [2.24, 2.45) is 7.05 Å². The van der Waals surface area contributed by atoms with E-state index in [1.54, 1.807) is 12.1 Å². The van der Waals surface area contributed by atoms with Gasteiger partial charge in [0.25, 0.3) is 0 Å². The molecule has 9 heavy (non-hydrogen) atoms. The first-order chi connectivity index (χ1) is 3.79. The fourth-order valence-corrected chi connectivity index (χ4v) is 0.501. The summed E-state index contributed by atoms with van der Waals surface area (Å²) in [6.45, 7) is 0. The van der Waals surface area contributed by atoms with Crippen LogP contribution in [0.15, 0.2) is 24.5 Å². The summed E-state index contributed by atoms with van der Waals surface area (Å²) >= 11 is 0. The highest BCUT2D eigenvalue weighted by molar-refractivity contribution is 14.0. The molecule has 0 spiro atoms. The van der Waals surface area contributed by atoms with E-state index in [4.69, 9.17) is 5.41 Å². The summed E-state index contributed by atoms with van der Waals surface area (Å²) < 4.78 is 1.90. The van der Waals surface area contributed by atoms with Gasteiger partial charge in [0.2, 0.25) is 0 Å². The van der Waals surface area contributed by atoms with Gasteiger partial charge in [0, 0.05) is 19.4 Å². The van der Waals surface area contributed by atoms with E-state index in [2.05, 4.69) is 0 Å². The number of halogens is 1. The summed E-state index contributed by atoms with van der Waals surface area (Å²) in [5, 5.41) is 7.64. The van der Waals surface area contributed by atoms with Gasteiger partial charge in [0.1, 0.15) is 0 Å². The lowest BCUT2D eigenvalue weighted by molar-refractivity contribution is 0.895. The lowest BCUT2D eigenvalue weighted by Gasteiger charge is -1.91. The summed E-state index contributed by atoms with van der Waals surface area (Å²) in [6.07, 6.45) is 3.70. The van der Waals surface area contributed by atoms with Gasteiger partial charge in [-0.2, -0.15) is 0 Å². The molecule has 0 saturated carbocycles. The zero-order valence-corrected chi connectivity index (χ0v) is 7.50. The molecule has 1 rings (SSSR count). The van der Waals surface area contributed by atoms with Crippen LogP contribution in [0.5, 0.6) is 0 Å². The van der Waals surface area contributed by atoms with E-state index in [9.17, 15) is 0 Å². The predicted molar refractivity (Wildman–Crippen MR) is 46.7 cm³/mol. The van der Waals surface area contributed by atoms with Crippen LogP contribution in [0.1, 0.15) is 0 Å². The van der Waals surface area contributed by atoms with Gasteiger partial charge >= 0.3 is 0 Å². The van der Waals surface area contributed by atoms with Gasteiger partial charge < -0.3 is 9.98 Å². The van der Waals surface area contributed by atoms with Crippen molar-refractivity contribution in [3.8, 4) is 0 Å². The first kappa shape index (κ1) is 8.68. The Morgan fingerprint density at radius 2 is 1.78 bits per heavy atom. The largest absolute Gasteiger partial charge is 0.357 e. The number of hydrogen-bond acceptors (Lipinski definition) is 1. The van der Waals surface area contributed by atoms with Crippen molar-refractivity contribution in [3.05, 3.63) is 29.9 Å². The molecule has 0 radical (unpaired) electrons. The van der Waals surface area contributed by atoms with Crippen molar-refractivity contribution in [2.45, 2.75) is 0 Å². The SMILES string of the molecule is Cn1ccc(=N)cc1.I. The Kier molecular flexibility index (Phi) is 3.53. The summed E-state index contributed by atoms with van der Waals surface area (Å²) in [6, 6.07) is 3.50. The van der Waals surface area contributed by atoms with Crippen molar-refractivity contribution in [2.75, 3.05) is 0 Å². The molecule has 0 aliphatic carbocycles. The van der Waals surface area contributed by atoms with Crippen LogP contribution in [-0.2, 0) is 7.05 Å². The minimum atomic E-state index is 0. The number of aromatic nitrogens is 1. The third-order valence-corrected chi connectivity index (χ3v) is 0.978. The first-order valence-electron chi connectivity index (χ1n) is 2.46. The van der Waals surface area contributed by atoms with Crippen LogP contribution in [0.4, 0.5) is 0 Å². The Hall–Kier alpha value is -0.320. The van der Waals surface area contributed by atoms with Crippen molar-refractivity contribution in [1.82, 2.24) is 4.57 Å². The second kappa shape index (κ2) is 3.66. The lowest BCUT2D eigenvalue weighted by atomic mass is 10.5. The van der Waals surface area contributed by atoms with Crippen LogP contribution >= 0.6 is 24.0 Å². The van der Waals surface area contributed by atoms with E-state index in [0.29, 0.717) is 5.36 Å². The molecule has 0 aromatic carbocycles.